The monoisotopic (exact) mass is 319 g/mol. The van der Waals surface area contributed by atoms with Crippen LogP contribution in [0.15, 0.2) is 0 Å². The van der Waals surface area contributed by atoms with Crippen molar-refractivity contribution in [2.75, 3.05) is 13.1 Å². The minimum absolute atomic E-state index is 0.00627. The Kier molecular flexibility index (Phi) is 5.78. The topological polar surface area (TPSA) is 20.3 Å². The molecule has 3 unspecified atom stereocenters. The molecule has 0 radical (unpaired) electrons. The van der Waals surface area contributed by atoms with Crippen LogP contribution in [0, 0.1) is 23.7 Å². The Hall–Kier alpha value is -0.740. The zero-order valence-electron chi connectivity index (χ0n) is 13.7. The van der Waals surface area contributed by atoms with Crippen molar-refractivity contribution in [3.63, 3.8) is 0 Å². The maximum atomic E-state index is 12.9. The quantitative estimate of drug-likeness (QED) is 0.742. The lowest BCUT2D eigenvalue weighted by Gasteiger charge is -2.38. The van der Waals surface area contributed by atoms with E-state index in [-0.39, 0.29) is 18.7 Å². The lowest BCUT2D eigenvalue weighted by Crippen LogP contribution is -2.45. The highest BCUT2D eigenvalue weighted by Crippen LogP contribution is 2.40. The van der Waals surface area contributed by atoms with Gasteiger partial charge in [0.1, 0.15) is 0 Å². The second-order valence-corrected chi connectivity index (χ2v) is 7.52. The van der Waals surface area contributed by atoms with Gasteiger partial charge in [-0.15, -0.1) is 0 Å². The second kappa shape index (κ2) is 7.22. The summed E-state index contributed by atoms with van der Waals surface area (Å²) in [6.45, 7) is 5.82. The molecule has 3 atom stereocenters. The number of rotatable bonds is 3. The van der Waals surface area contributed by atoms with Gasteiger partial charge in [-0.05, 0) is 50.4 Å². The van der Waals surface area contributed by atoms with Crippen molar-refractivity contribution in [1.82, 2.24) is 4.90 Å². The van der Waals surface area contributed by atoms with E-state index in [9.17, 15) is 18.0 Å². The van der Waals surface area contributed by atoms with E-state index in [0.29, 0.717) is 24.7 Å². The molecule has 0 N–H and O–H groups in total. The molecule has 2 rings (SSSR count). The van der Waals surface area contributed by atoms with Crippen molar-refractivity contribution < 1.29 is 18.0 Å². The highest BCUT2D eigenvalue weighted by Gasteiger charge is 2.44. The summed E-state index contributed by atoms with van der Waals surface area (Å²) in [6.07, 6.45) is 0.383. The Labute approximate surface area is 131 Å². The predicted octanol–water partition coefficient (Wildman–Crippen LogP) is 4.64. The summed E-state index contributed by atoms with van der Waals surface area (Å²) in [4.78, 5) is 14.5. The normalized spacial score (nSPS) is 30.6. The molecule has 0 aromatic heterocycles. The van der Waals surface area contributed by atoms with E-state index in [0.717, 1.165) is 32.4 Å². The van der Waals surface area contributed by atoms with Gasteiger partial charge in [0, 0.05) is 19.0 Å². The molecule has 0 spiro atoms. The zero-order valence-corrected chi connectivity index (χ0v) is 13.7. The molecule has 128 valence electrons. The number of nitrogens with zero attached hydrogens (tertiary/aromatic N) is 1. The summed E-state index contributed by atoms with van der Waals surface area (Å²) < 4.78 is 38.7. The van der Waals surface area contributed by atoms with Crippen molar-refractivity contribution in [2.24, 2.45) is 23.7 Å². The van der Waals surface area contributed by atoms with Crippen LogP contribution in [-0.4, -0.2) is 30.1 Å². The SMILES string of the molecule is CC(C)CC1CCCN(C(=O)C2CCCC(C(F)(F)F)C2)C1. The van der Waals surface area contributed by atoms with Crippen molar-refractivity contribution in [3.8, 4) is 0 Å². The fourth-order valence-corrected chi connectivity index (χ4v) is 4.09. The number of hydrogen-bond acceptors (Lipinski definition) is 1. The average Bonchev–Trinajstić information content (AvgIpc) is 2.45. The number of amides is 1. The van der Waals surface area contributed by atoms with Crippen LogP contribution in [0.2, 0.25) is 0 Å². The molecular weight excluding hydrogens is 291 g/mol. The van der Waals surface area contributed by atoms with Crippen molar-refractivity contribution >= 4 is 5.91 Å². The molecule has 22 heavy (non-hydrogen) atoms. The molecule has 1 amide bonds. The second-order valence-electron chi connectivity index (χ2n) is 7.52. The first kappa shape index (κ1) is 17.6. The first-order valence-corrected chi connectivity index (χ1v) is 8.63. The minimum atomic E-state index is -4.15. The number of hydrogen-bond donors (Lipinski definition) is 0. The van der Waals surface area contributed by atoms with Crippen LogP contribution in [0.25, 0.3) is 0 Å². The molecule has 0 aromatic rings. The molecule has 2 fully saturated rings. The van der Waals surface area contributed by atoms with Gasteiger partial charge in [-0.2, -0.15) is 13.2 Å². The zero-order chi connectivity index (χ0) is 16.3. The predicted molar refractivity (Wildman–Crippen MR) is 80.3 cm³/mol. The molecule has 0 bridgehead atoms. The largest absolute Gasteiger partial charge is 0.391 e. The Bertz CT molecular complexity index is 381. The van der Waals surface area contributed by atoms with E-state index in [1.165, 1.54) is 0 Å². The molecule has 2 nitrogen and oxygen atoms in total. The summed E-state index contributed by atoms with van der Waals surface area (Å²) in [5.41, 5.74) is 0. The number of halogens is 3. The van der Waals surface area contributed by atoms with Crippen LogP contribution in [0.3, 0.4) is 0 Å². The molecule has 1 saturated heterocycles. The van der Waals surface area contributed by atoms with Gasteiger partial charge in [0.25, 0.3) is 0 Å². The highest BCUT2D eigenvalue weighted by molar-refractivity contribution is 5.79. The van der Waals surface area contributed by atoms with Crippen LogP contribution >= 0.6 is 0 Å². The summed E-state index contributed by atoms with van der Waals surface area (Å²) in [5.74, 6) is -0.615. The van der Waals surface area contributed by atoms with Gasteiger partial charge >= 0.3 is 6.18 Å². The van der Waals surface area contributed by atoms with E-state index in [4.69, 9.17) is 0 Å². The van der Waals surface area contributed by atoms with E-state index in [2.05, 4.69) is 13.8 Å². The Morgan fingerprint density at radius 3 is 2.55 bits per heavy atom. The van der Waals surface area contributed by atoms with Crippen LogP contribution in [-0.2, 0) is 4.79 Å². The number of piperidine rings is 1. The van der Waals surface area contributed by atoms with Crippen LogP contribution < -0.4 is 0 Å². The summed E-state index contributed by atoms with van der Waals surface area (Å²) >= 11 is 0. The van der Waals surface area contributed by atoms with Gasteiger partial charge in [-0.25, -0.2) is 0 Å². The Balaban J connectivity index is 1.92. The first-order chi connectivity index (χ1) is 10.3. The van der Waals surface area contributed by atoms with Gasteiger partial charge in [-0.3, -0.25) is 4.79 Å². The first-order valence-electron chi connectivity index (χ1n) is 8.63. The maximum Gasteiger partial charge on any atom is 0.391 e. The molecule has 1 saturated carbocycles. The molecule has 1 aliphatic carbocycles. The third kappa shape index (κ3) is 4.63. The van der Waals surface area contributed by atoms with E-state index in [1.54, 1.807) is 0 Å². The number of carbonyl (C=O) groups excluding carboxylic acids is 1. The van der Waals surface area contributed by atoms with Crippen molar-refractivity contribution in [2.45, 2.75) is 65.0 Å². The van der Waals surface area contributed by atoms with Crippen LogP contribution in [0.4, 0.5) is 13.2 Å². The fourth-order valence-electron chi connectivity index (χ4n) is 4.09. The lowest BCUT2D eigenvalue weighted by molar-refractivity contribution is -0.187. The molecule has 1 aliphatic heterocycles. The lowest BCUT2D eigenvalue weighted by atomic mass is 9.79. The standard InChI is InChI=1S/C17H28F3NO/c1-12(2)9-13-5-4-8-21(11-13)16(22)14-6-3-7-15(10-14)17(18,19)20/h12-15H,3-11H2,1-2H3. The molecule has 2 aliphatic rings. The van der Waals surface area contributed by atoms with Gasteiger partial charge in [0.15, 0.2) is 0 Å². The van der Waals surface area contributed by atoms with E-state index < -0.39 is 18.0 Å². The van der Waals surface area contributed by atoms with Gasteiger partial charge in [0.05, 0.1) is 5.92 Å². The number of carbonyl (C=O) groups is 1. The van der Waals surface area contributed by atoms with Gasteiger partial charge in [-0.1, -0.05) is 20.3 Å². The third-order valence-electron chi connectivity index (χ3n) is 5.12. The van der Waals surface area contributed by atoms with Crippen molar-refractivity contribution in [1.29, 1.82) is 0 Å². The smallest absolute Gasteiger partial charge is 0.342 e. The molecule has 0 aromatic carbocycles. The molecule has 5 heteroatoms. The minimum Gasteiger partial charge on any atom is -0.342 e. The van der Waals surface area contributed by atoms with E-state index >= 15 is 0 Å². The van der Waals surface area contributed by atoms with E-state index in [1.807, 2.05) is 4.90 Å². The number of likely N-dealkylation sites (tertiary alicyclic amines) is 1. The van der Waals surface area contributed by atoms with Crippen molar-refractivity contribution in [3.05, 3.63) is 0 Å². The third-order valence-corrected chi connectivity index (χ3v) is 5.12. The fraction of sp³-hybridized carbons (Fsp3) is 0.941. The van der Waals surface area contributed by atoms with Crippen LogP contribution in [0.5, 0.6) is 0 Å². The Morgan fingerprint density at radius 2 is 1.91 bits per heavy atom. The number of alkyl halides is 3. The summed E-state index contributed by atoms with van der Waals surface area (Å²) in [5, 5.41) is 0. The van der Waals surface area contributed by atoms with Gasteiger partial charge < -0.3 is 4.90 Å². The summed E-state index contributed by atoms with van der Waals surface area (Å²) in [7, 11) is 0. The molecule has 1 heterocycles. The molecular formula is C17H28F3NO. The summed E-state index contributed by atoms with van der Waals surface area (Å²) in [6, 6.07) is 0. The van der Waals surface area contributed by atoms with Crippen LogP contribution in [0.1, 0.15) is 58.8 Å². The maximum absolute atomic E-state index is 12.9. The Morgan fingerprint density at radius 1 is 1.18 bits per heavy atom. The van der Waals surface area contributed by atoms with Gasteiger partial charge in [0.2, 0.25) is 5.91 Å². The average molecular weight is 319 g/mol. The highest BCUT2D eigenvalue weighted by atomic mass is 19.4.